The van der Waals surface area contributed by atoms with E-state index in [1.807, 2.05) is 0 Å². The maximum absolute atomic E-state index is 12.4. The molecule has 22 heavy (non-hydrogen) atoms. The van der Waals surface area contributed by atoms with Crippen LogP contribution in [0.4, 0.5) is 5.69 Å². The van der Waals surface area contributed by atoms with E-state index in [-0.39, 0.29) is 11.8 Å². The number of hydrogen-bond donors (Lipinski definition) is 0. The highest BCUT2D eigenvalue weighted by atomic mass is 32.2. The van der Waals surface area contributed by atoms with Gasteiger partial charge in [-0.1, -0.05) is 26.2 Å². The Labute approximate surface area is 135 Å². The number of thioether (sulfide) groups is 1. The number of unbranched alkanes of at least 4 members (excludes halogenated alkanes) is 3. The number of carbonyl (C=O) groups excluding carboxylic acids is 2. The zero-order valence-electron chi connectivity index (χ0n) is 13.0. The fourth-order valence-electron chi connectivity index (χ4n) is 2.24. The third-order valence-corrected chi connectivity index (χ3v) is 4.57. The second-order valence-corrected chi connectivity index (χ2v) is 6.23. The van der Waals surface area contributed by atoms with Crippen LogP contribution in [0.3, 0.4) is 0 Å². The molecule has 0 unspecified atom stereocenters. The molecule has 0 fully saturated rings. The summed E-state index contributed by atoms with van der Waals surface area (Å²) in [5, 5.41) is 0. The van der Waals surface area contributed by atoms with Gasteiger partial charge in [0.1, 0.15) is 5.75 Å². The minimum Gasteiger partial charge on any atom is -0.497 e. The van der Waals surface area contributed by atoms with E-state index in [0.717, 1.165) is 12.2 Å². The van der Waals surface area contributed by atoms with Crippen LogP contribution in [0.5, 0.6) is 5.75 Å². The Morgan fingerprint density at radius 3 is 2.45 bits per heavy atom. The van der Waals surface area contributed by atoms with Gasteiger partial charge in [-0.2, -0.15) is 0 Å². The summed E-state index contributed by atoms with van der Waals surface area (Å²) in [6, 6.07) is 6.92. The average molecular weight is 319 g/mol. The van der Waals surface area contributed by atoms with Crippen LogP contribution in [0.25, 0.3) is 0 Å². The van der Waals surface area contributed by atoms with Gasteiger partial charge in [0.05, 0.1) is 17.7 Å². The number of carbonyl (C=O) groups is 2. The first-order valence-electron chi connectivity index (χ1n) is 7.54. The van der Waals surface area contributed by atoms with E-state index in [1.165, 1.54) is 42.0 Å². The minimum absolute atomic E-state index is 0.226. The lowest BCUT2D eigenvalue weighted by Crippen LogP contribution is -2.30. The monoisotopic (exact) mass is 319 g/mol. The molecule has 1 aromatic rings. The maximum atomic E-state index is 12.4. The Kier molecular flexibility index (Phi) is 6.07. The van der Waals surface area contributed by atoms with Crippen LogP contribution in [-0.4, -0.2) is 24.7 Å². The number of imide groups is 1. The van der Waals surface area contributed by atoms with E-state index in [1.54, 1.807) is 31.4 Å². The van der Waals surface area contributed by atoms with Crippen LogP contribution in [0.2, 0.25) is 0 Å². The Balaban J connectivity index is 1.95. The first kappa shape index (κ1) is 16.6. The molecular formula is C17H21NO3S. The molecule has 0 N–H and O–H groups in total. The molecule has 0 saturated heterocycles. The van der Waals surface area contributed by atoms with Crippen LogP contribution in [0, 0.1) is 0 Å². The van der Waals surface area contributed by atoms with E-state index in [2.05, 4.69) is 6.92 Å². The maximum Gasteiger partial charge on any atom is 0.271 e. The van der Waals surface area contributed by atoms with Gasteiger partial charge in [0.15, 0.2) is 0 Å². The summed E-state index contributed by atoms with van der Waals surface area (Å²) >= 11 is 1.48. The average Bonchev–Trinajstić information content (AvgIpc) is 2.81. The highest BCUT2D eigenvalue weighted by Gasteiger charge is 2.32. The summed E-state index contributed by atoms with van der Waals surface area (Å²) in [5.74, 6) is 1.07. The Hall–Kier alpha value is -1.75. The molecule has 0 spiro atoms. The quantitative estimate of drug-likeness (QED) is 0.540. The first-order valence-corrected chi connectivity index (χ1v) is 8.53. The standard InChI is InChI=1S/C17H21NO3S/c1-3-4-5-6-11-22-15-12-16(19)18(17(15)20)13-7-9-14(21-2)10-8-13/h7-10,12H,3-6,11H2,1-2H3. The highest BCUT2D eigenvalue weighted by molar-refractivity contribution is 8.04. The zero-order valence-corrected chi connectivity index (χ0v) is 13.8. The molecule has 2 amide bonds. The van der Waals surface area contributed by atoms with Gasteiger partial charge >= 0.3 is 0 Å². The lowest BCUT2D eigenvalue weighted by molar-refractivity contribution is -0.120. The zero-order chi connectivity index (χ0) is 15.9. The SMILES string of the molecule is CCCCCCSC1=CC(=O)N(c2ccc(OC)cc2)C1=O. The number of nitrogens with zero attached hydrogens (tertiary/aromatic N) is 1. The summed E-state index contributed by atoms with van der Waals surface area (Å²) in [7, 11) is 1.58. The van der Waals surface area contributed by atoms with Crippen molar-refractivity contribution in [1.82, 2.24) is 0 Å². The fourth-order valence-corrected chi connectivity index (χ4v) is 3.21. The van der Waals surface area contributed by atoms with Crippen molar-refractivity contribution in [3.63, 3.8) is 0 Å². The molecule has 0 atom stereocenters. The predicted octanol–water partition coefficient (Wildman–Crippen LogP) is 3.77. The minimum atomic E-state index is -0.272. The number of hydrogen-bond acceptors (Lipinski definition) is 4. The Morgan fingerprint density at radius 2 is 1.82 bits per heavy atom. The smallest absolute Gasteiger partial charge is 0.271 e. The first-order chi connectivity index (χ1) is 10.7. The van der Waals surface area contributed by atoms with Gasteiger partial charge in [-0.05, 0) is 36.4 Å². The van der Waals surface area contributed by atoms with Crippen molar-refractivity contribution in [2.24, 2.45) is 0 Å². The third-order valence-electron chi connectivity index (χ3n) is 3.47. The van der Waals surface area contributed by atoms with Crippen molar-refractivity contribution in [2.75, 3.05) is 17.8 Å². The topological polar surface area (TPSA) is 46.6 Å². The summed E-state index contributed by atoms with van der Waals surface area (Å²) in [6.07, 6.45) is 6.08. The van der Waals surface area contributed by atoms with E-state index in [4.69, 9.17) is 4.74 Å². The molecule has 1 heterocycles. The Morgan fingerprint density at radius 1 is 1.09 bits per heavy atom. The van der Waals surface area contributed by atoms with Gasteiger partial charge < -0.3 is 4.74 Å². The number of ether oxygens (including phenoxy) is 1. The molecule has 2 rings (SSSR count). The van der Waals surface area contributed by atoms with Gasteiger partial charge in [-0.3, -0.25) is 9.59 Å². The lowest BCUT2D eigenvalue weighted by Gasteiger charge is -2.15. The van der Waals surface area contributed by atoms with Crippen molar-refractivity contribution < 1.29 is 14.3 Å². The van der Waals surface area contributed by atoms with Crippen molar-refractivity contribution in [3.05, 3.63) is 35.2 Å². The van der Waals surface area contributed by atoms with E-state index >= 15 is 0 Å². The van der Waals surface area contributed by atoms with Crippen LogP contribution < -0.4 is 9.64 Å². The van der Waals surface area contributed by atoms with Gasteiger partial charge in [0, 0.05) is 6.08 Å². The molecule has 0 radical (unpaired) electrons. The number of benzene rings is 1. The van der Waals surface area contributed by atoms with Crippen LogP contribution >= 0.6 is 11.8 Å². The van der Waals surface area contributed by atoms with E-state index in [9.17, 15) is 9.59 Å². The fraction of sp³-hybridized carbons (Fsp3) is 0.412. The molecule has 1 aliphatic heterocycles. The summed E-state index contributed by atoms with van der Waals surface area (Å²) in [6.45, 7) is 2.17. The molecule has 0 saturated carbocycles. The van der Waals surface area contributed by atoms with Crippen LogP contribution in [0.15, 0.2) is 35.2 Å². The molecule has 0 aliphatic carbocycles. The number of rotatable bonds is 8. The van der Waals surface area contributed by atoms with Crippen LogP contribution in [-0.2, 0) is 9.59 Å². The molecular weight excluding hydrogens is 298 g/mol. The summed E-state index contributed by atoms with van der Waals surface area (Å²) in [4.78, 5) is 26.2. The van der Waals surface area contributed by atoms with E-state index in [0.29, 0.717) is 16.3 Å². The lowest BCUT2D eigenvalue weighted by atomic mass is 10.2. The summed E-state index contributed by atoms with van der Waals surface area (Å²) < 4.78 is 5.09. The molecule has 1 aliphatic rings. The molecule has 1 aromatic carbocycles. The van der Waals surface area contributed by atoms with Crippen molar-refractivity contribution in [2.45, 2.75) is 32.6 Å². The van der Waals surface area contributed by atoms with Crippen molar-refractivity contribution in [3.8, 4) is 5.75 Å². The van der Waals surface area contributed by atoms with Gasteiger partial charge in [-0.25, -0.2) is 4.90 Å². The van der Waals surface area contributed by atoms with Gasteiger partial charge in [0.25, 0.3) is 11.8 Å². The van der Waals surface area contributed by atoms with Crippen LogP contribution in [0.1, 0.15) is 32.6 Å². The van der Waals surface area contributed by atoms with E-state index < -0.39 is 0 Å². The van der Waals surface area contributed by atoms with Gasteiger partial charge in [-0.15, -0.1) is 11.8 Å². The van der Waals surface area contributed by atoms with Crippen molar-refractivity contribution in [1.29, 1.82) is 0 Å². The predicted molar refractivity (Wildman–Crippen MR) is 90.2 cm³/mol. The molecule has 118 valence electrons. The second-order valence-electron chi connectivity index (χ2n) is 5.09. The highest BCUT2D eigenvalue weighted by Crippen LogP contribution is 2.30. The number of methoxy groups -OCH3 is 1. The normalized spacial score (nSPS) is 14.5. The molecule has 0 aromatic heterocycles. The van der Waals surface area contributed by atoms with Gasteiger partial charge in [0.2, 0.25) is 0 Å². The Bertz CT molecular complexity index is 566. The third kappa shape index (κ3) is 3.91. The largest absolute Gasteiger partial charge is 0.497 e. The number of amides is 2. The van der Waals surface area contributed by atoms with Crippen molar-refractivity contribution >= 4 is 29.3 Å². The second kappa shape index (κ2) is 8.03. The molecule has 0 bridgehead atoms. The summed E-state index contributed by atoms with van der Waals surface area (Å²) in [5.41, 5.74) is 0.577. The number of anilines is 1. The molecule has 5 heteroatoms. The molecule has 4 nitrogen and oxygen atoms in total.